The number of nitrogens with one attached hydrogen (secondary N) is 1. The lowest BCUT2D eigenvalue weighted by atomic mass is 10.1. The maximum absolute atomic E-state index is 13.2. The molecule has 3 amide bonds. The molecule has 122 valence electrons. The van der Waals surface area contributed by atoms with Crippen molar-refractivity contribution < 1.29 is 18.8 Å². The molecule has 3 rings (SSSR count). The van der Waals surface area contributed by atoms with Crippen LogP contribution >= 0.6 is 11.6 Å². The highest BCUT2D eigenvalue weighted by atomic mass is 35.5. The molecule has 1 atom stereocenters. The van der Waals surface area contributed by atoms with Crippen LogP contribution in [0.3, 0.4) is 0 Å². The van der Waals surface area contributed by atoms with Crippen molar-refractivity contribution in [3.05, 3.63) is 64.4 Å². The van der Waals surface area contributed by atoms with Gasteiger partial charge in [-0.05, 0) is 37.3 Å². The molecule has 0 unspecified atom stereocenters. The average molecular weight is 347 g/mol. The van der Waals surface area contributed by atoms with E-state index in [1.54, 1.807) is 24.3 Å². The standard InChI is InChI=1S/C17H12ClFN2O3/c1-9(15(22)20-10-6-7-14(19)13(18)8-10)21-16(23)11-4-2-3-5-12(11)17(21)24/h2-9H,1H3,(H,20,22)/t9-/m0/s1. The summed E-state index contributed by atoms with van der Waals surface area (Å²) < 4.78 is 13.2. The van der Waals surface area contributed by atoms with Crippen molar-refractivity contribution in [1.82, 2.24) is 4.90 Å². The van der Waals surface area contributed by atoms with Crippen LogP contribution in [0.25, 0.3) is 0 Å². The Bertz CT molecular complexity index is 834. The minimum Gasteiger partial charge on any atom is -0.324 e. The molecule has 2 aromatic rings. The number of carbonyl (C=O) groups excluding carboxylic acids is 3. The number of benzene rings is 2. The topological polar surface area (TPSA) is 66.5 Å². The molecule has 0 aliphatic carbocycles. The molecule has 7 heteroatoms. The van der Waals surface area contributed by atoms with E-state index in [1.807, 2.05) is 0 Å². The fraction of sp³-hybridized carbons (Fsp3) is 0.118. The molecule has 1 heterocycles. The Balaban J connectivity index is 1.80. The first-order valence-corrected chi connectivity index (χ1v) is 7.51. The normalized spacial score (nSPS) is 14.5. The maximum Gasteiger partial charge on any atom is 0.262 e. The van der Waals surface area contributed by atoms with Crippen LogP contribution in [0.1, 0.15) is 27.6 Å². The number of hydrogen-bond acceptors (Lipinski definition) is 3. The van der Waals surface area contributed by atoms with Gasteiger partial charge in [-0.2, -0.15) is 0 Å². The highest BCUT2D eigenvalue weighted by molar-refractivity contribution is 6.31. The van der Waals surface area contributed by atoms with Gasteiger partial charge in [-0.1, -0.05) is 23.7 Å². The quantitative estimate of drug-likeness (QED) is 0.868. The molecule has 0 aromatic heterocycles. The second kappa shape index (κ2) is 6.05. The number of halogens is 2. The smallest absolute Gasteiger partial charge is 0.262 e. The summed E-state index contributed by atoms with van der Waals surface area (Å²) in [6.07, 6.45) is 0. The molecule has 2 aromatic carbocycles. The zero-order valence-corrected chi connectivity index (χ0v) is 13.3. The van der Waals surface area contributed by atoms with Gasteiger partial charge in [0, 0.05) is 5.69 Å². The highest BCUT2D eigenvalue weighted by Gasteiger charge is 2.40. The van der Waals surface area contributed by atoms with Gasteiger partial charge in [-0.15, -0.1) is 0 Å². The van der Waals surface area contributed by atoms with Gasteiger partial charge < -0.3 is 5.32 Å². The Hall–Kier alpha value is -2.73. The third kappa shape index (κ3) is 2.65. The largest absolute Gasteiger partial charge is 0.324 e. The zero-order chi connectivity index (χ0) is 17.4. The second-order valence-electron chi connectivity index (χ2n) is 5.32. The lowest BCUT2D eigenvalue weighted by Gasteiger charge is -2.21. The molecule has 1 aliphatic rings. The van der Waals surface area contributed by atoms with E-state index < -0.39 is 29.6 Å². The number of amides is 3. The molecule has 0 saturated heterocycles. The predicted octanol–water partition coefficient (Wildman–Crippen LogP) is 3.10. The fourth-order valence-electron chi connectivity index (χ4n) is 2.50. The van der Waals surface area contributed by atoms with Crippen LogP contribution in [-0.2, 0) is 4.79 Å². The van der Waals surface area contributed by atoms with Crippen molar-refractivity contribution in [2.75, 3.05) is 5.32 Å². The number of hydrogen-bond donors (Lipinski definition) is 1. The summed E-state index contributed by atoms with van der Waals surface area (Å²) in [6, 6.07) is 9.07. The van der Waals surface area contributed by atoms with Crippen LogP contribution in [0.4, 0.5) is 10.1 Å². The summed E-state index contributed by atoms with van der Waals surface area (Å²) >= 11 is 5.67. The van der Waals surface area contributed by atoms with Gasteiger partial charge >= 0.3 is 0 Å². The summed E-state index contributed by atoms with van der Waals surface area (Å²) in [4.78, 5) is 38.0. The molecule has 24 heavy (non-hydrogen) atoms. The van der Waals surface area contributed by atoms with Crippen LogP contribution in [0.2, 0.25) is 5.02 Å². The first kappa shape index (κ1) is 16.1. The minimum absolute atomic E-state index is 0.138. The second-order valence-corrected chi connectivity index (χ2v) is 5.73. The Labute approximate surface area is 142 Å². The molecule has 0 spiro atoms. The van der Waals surface area contributed by atoms with E-state index in [4.69, 9.17) is 11.6 Å². The summed E-state index contributed by atoms with van der Waals surface area (Å²) in [5.74, 6) is -2.22. The summed E-state index contributed by atoms with van der Waals surface area (Å²) in [7, 11) is 0. The van der Waals surface area contributed by atoms with E-state index in [-0.39, 0.29) is 21.8 Å². The molecule has 0 saturated carbocycles. The number of imide groups is 1. The zero-order valence-electron chi connectivity index (χ0n) is 12.5. The summed E-state index contributed by atoms with van der Waals surface area (Å²) in [5, 5.41) is 2.38. The average Bonchev–Trinajstić information content (AvgIpc) is 2.82. The first-order chi connectivity index (χ1) is 11.4. The molecular formula is C17H12ClFN2O3. The minimum atomic E-state index is -1.03. The van der Waals surface area contributed by atoms with Crippen molar-refractivity contribution in [2.24, 2.45) is 0 Å². The Morgan fingerprint density at radius 2 is 1.71 bits per heavy atom. The van der Waals surface area contributed by atoms with E-state index in [0.717, 1.165) is 11.0 Å². The van der Waals surface area contributed by atoms with Gasteiger partial charge in [0.05, 0.1) is 16.1 Å². The fourth-order valence-corrected chi connectivity index (χ4v) is 2.68. The third-order valence-electron chi connectivity index (χ3n) is 3.78. The van der Waals surface area contributed by atoms with Crippen molar-refractivity contribution >= 4 is 35.0 Å². The number of anilines is 1. The number of carbonyl (C=O) groups is 3. The Morgan fingerprint density at radius 1 is 1.12 bits per heavy atom. The molecule has 0 fully saturated rings. The van der Waals surface area contributed by atoms with E-state index in [2.05, 4.69) is 5.32 Å². The molecule has 0 radical (unpaired) electrons. The molecule has 1 N–H and O–H groups in total. The SMILES string of the molecule is C[C@@H](C(=O)Nc1ccc(F)c(Cl)c1)N1C(=O)c2ccccc2C1=O. The van der Waals surface area contributed by atoms with Crippen LogP contribution in [-0.4, -0.2) is 28.7 Å². The van der Waals surface area contributed by atoms with Crippen LogP contribution in [0.5, 0.6) is 0 Å². The molecular weight excluding hydrogens is 335 g/mol. The van der Waals surface area contributed by atoms with E-state index in [9.17, 15) is 18.8 Å². The van der Waals surface area contributed by atoms with Crippen molar-refractivity contribution in [3.8, 4) is 0 Å². The van der Waals surface area contributed by atoms with E-state index >= 15 is 0 Å². The monoisotopic (exact) mass is 346 g/mol. The van der Waals surface area contributed by atoms with E-state index in [0.29, 0.717) is 0 Å². The van der Waals surface area contributed by atoms with E-state index in [1.165, 1.54) is 19.1 Å². The van der Waals surface area contributed by atoms with Gasteiger partial charge in [-0.25, -0.2) is 4.39 Å². The lowest BCUT2D eigenvalue weighted by Crippen LogP contribution is -2.45. The third-order valence-corrected chi connectivity index (χ3v) is 4.07. The van der Waals surface area contributed by atoms with Crippen molar-refractivity contribution in [1.29, 1.82) is 0 Å². The number of nitrogens with zero attached hydrogens (tertiary/aromatic N) is 1. The maximum atomic E-state index is 13.2. The summed E-state index contributed by atoms with van der Waals surface area (Å²) in [6.45, 7) is 1.45. The lowest BCUT2D eigenvalue weighted by molar-refractivity contribution is -0.119. The molecule has 5 nitrogen and oxygen atoms in total. The highest BCUT2D eigenvalue weighted by Crippen LogP contribution is 2.25. The van der Waals surface area contributed by atoms with Gasteiger partial charge in [0.2, 0.25) is 5.91 Å². The van der Waals surface area contributed by atoms with Crippen molar-refractivity contribution in [3.63, 3.8) is 0 Å². The summed E-state index contributed by atoms with van der Waals surface area (Å²) in [5.41, 5.74) is 0.814. The Kier molecular flexibility index (Phi) is 4.07. The van der Waals surface area contributed by atoms with Crippen LogP contribution in [0, 0.1) is 5.82 Å². The van der Waals surface area contributed by atoms with Gasteiger partial charge in [-0.3, -0.25) is 19.3 Å². The Morgan fingerprint density at radius 3 is 2.25 bits per heavy atom. The first-order valence-electron chi connectivity index (χ1n) is 7.13. The molecule has 0 bridgehead atoms. The van der Waals surface area contributed by atoms with Gasteiger partial charge in [0.15, 0.2) is 0 Å². The molecule has 1 aliphatic heterocycles. The van der Waals surface area contributed by atoms with Crippen molar-refractivity contribution in [2.45, 2.75) is 13.0 Å². The van der Waals surface area contributed by atoms with Crippen LogP contribution in [0.15, 0.2) is 42.5 Å². The van der Waals surface area contributed by atoms with Crippen LogP contribution < -0.4 is 5.32 Å². The predicted molar refractivity (Wildman–Crippen MR) is 86.4 cm³/mol. The van der Waals surface area contributed by atoms with Gasteiger partial charge in [0.25, 0.3) is 11.8 Å². The number of fused-ring (bicyclic) bond motifs is 1. The van der Waals surface area contributed by atoms with Gasteiger partial charge in [0.1, 0.15) is 11.9 Å². The number of rotatable bonds is 3.